The van der Waals surface area contributed by atoms with Crippen molar-refractivity contribution in [2.45, 2.75) is 45.4 Å². The molecule has 2 rings (SSSR count). The number of Topliss-reactive ketones (excluding diaryl/α,β-unsaturated/α-hetero) is 1. The fourth-order valence-corrected chi connectivity index (χ4v) is 2.62. The number of ketones is 1. The Morgan fingerprint density at radius 1 is 1.29 bits per heavy atom. The third kappa shape index (κ3) is 3.09. The Morgan fingerprint density at radius 3 is 2.65 bits per heavy atom. The number of nitrogens with two attached hydrogens (primary N) is 1. The van der Waals surface area contributed by atoms with E-state index in [9.17, 15) is 4.79 Å². The molecule has 1 aliphatic rings. The van der Waals surface area contributed by atoms with Gasteiger partial charge in [0.25, 0.3) is 0 Å². The van der Waals surface area contributed by atoms with Crippen LogP contribution >= 0.6 is 0 Å². The Labute approximate surface area is 103 Å². The van der Waals surface area contributed by atoms with E-state index in [1.54, 1.807) is 0 Å². The van der Waals surface area contributed by atoms with Crippen LogP contribution in [0.5, 0.6) is 0 Å². The van der Waals surface area contributed by atoms with Gasteiger partial charge in [0.1, 0.15) is 0 Å². The van der Waals surface area contributed by atoms with Crippen molar-refractivity contribution in [1.29, 1.82) is 0 Å². The van der Waals surface area contributed by atoms with Gasteiger partial charge in [0.2, 0.25) is 0 Å². The van der Waals surface area contributed by atoms with Gasteiger partial charge in [-0.05, 0) is 36.6 Å². The molecule has 0 aliphatic heterocycles. The van der Waals surface area contributed by atoms with E-state index in [2.05, 4.69) is 0 Å². The lowest BCUT2D eigenvalue weighted by molar-refractivity contribution is 0.0950. The van der Waals surface area contributed by atoms with E-state index in [-0.39, 0.29) is 5.78 Å². The molecule has 2 heteroatoms. The molecule has 0 spiro atoms. The Hall–Kier alpha value is -1.31. The SMILES string of the molecule is Cc1cc(C(=O)CC2CCCCC2)ccc1N. The van der Waals surface area contributed by atoms with Crippen LogP contribution in [0.3, 0.4) is 0 Å². The molecule has 1 aliphatic carbocycles. The van der Waals surface area contributed by atoms with Crippen LogP contribution in [0.25, 0.3) is 0 Å². The molecule has 2 nitrogen and oxygen atoms in total. The lowest BCUT2D eigenvalue weighted by Crippen LogP contribution is -2.12. The number of rotatable bonds is 3. The molecule has 0 radical (unpaired) electrons. The van der Waals surface area contributed by atoms with Crippen molar-refractivity contribution >= 4 is 11.5 Å². The van der Waals surface area contributed by atoms with Crippen LogP contribution in [0.1, 0.15) is 54.4 Å². The number of hydrogen-bond donors (Lipinski definition) is 1. The number of carbonyl (C=O) groups is 1. The van der Waals surface area contributed by atoms with Crippen LogP contribution in [-0.4, -0.2) is 5.78 Å². The molecule has 17 heavy (non-hydrogen) atoms. The number of anilines is 1. The van der Waals surface area contributed by atoms with E-state index < -0.39 is 0 Å². The summed E-state index contributed by atoms with van der Waals surface area (Å²) >= 11 is 0. The second kappa shape index (κ2) is 5.35. The smallest absolute Gasteiger partial charge is 0.163 e. The molecular formula is C15H21NO. The van der Waals surface area contributed by atoms with Gasteiger partial charge in [-0.2, -0.15) is 0 Å². The van der Waals surface area contributed by atoms with Gasteiger partial charge in [-0.1, -0.05) is 32.1 Å². The Morgan fingerprint density at radius 2 is 2.00 bits per heavy atom. The lowest BCUT2D eigenvalue weighted by atomic mass is 9.84. The minimum atomic E-state index is 0.278. The van der Waals surface area contributed by atoms with E-state index in [0.29, 0.717) is 12.3 Å². The van der Waals surface area contributed by atoms with Crippen molar-refractivity contribution in [1.82, 2.24) is 0 Å². The maximum atomic E-state index is 12.1. The van der Waals surface area contributed by atoms with E-state index in [1.807, 2.05) is 25.1 Å². The van der Waals surface area contributed by atoms with Gasteiger partial charge in [-0.15, -0.1) is 0 Å². The Kier molecular flexibility index (Phi) is 3.82. The molecule has 1 fully saturated rings. The largest absolute Gasteiger partial charge is 0.399 e. The number of benzene rings is 1. The van der Waals surface area contributed by atoms with Crippen LogP contribution in [-0.2, 0) is 0 Å². The highest BCUT2D eigenvalue weighted by Crippen LogP contribution is 2.27. The van der Waals surface area contributed by atoms with Gasteiger partial charge in [0.15, 0.2) is 5.78 Å². The summed E-state index contributed by atoms with van der Waals surface area (Å²) in [6.07, 6.45) is 7.08. The predicted molar refractivity (Wildman–Crippen MR) is 71.1 cm³/mol. The summed E-state index contributed by atoms with van der Waals surface area (Å²) in [6, 6.07) is 5.61. The highest BCUT2D eigenvalue weighted by atomic mass is 16.1. The zero-order valence-electron chi connectivity index (χ0n) is 10.5. The summed E-state index contributed by atoms with van der Waals surface area (Å²) in [6.45, 7) is 1.95. The van der Waals surface area contributed by atoms with Gasteiger partial charge in [0.05, 0.1) is 0 Å². The lowest BCUT2D eigenvalue weighted by Gasteiger charge is -2.20. The van der Waals surface area contributed by atoms with E-state index in [0.717, 1.165) is 16.8 Å². The van der Waals surface area contributed by atoms with Crippen molar-refractivity contribution in [3.8, 4) is 0 Å². The molecule has 0 bridgehead atoms. The highest BCUT2D eigenvalue weighted by Gasteiger charge is 2.18. The molecule has 0 saturated heterocycles. The molecule has 0 unspecified atom stereocenters. The first-order valence-electron chi connectivity index (χ1n) is 6.56. The standard InChI is InChI=1S/C15H21NO/c1-11-9-13(7-8-14(11)16)15(17)10-12-5-3-2-4-6-12/h7-9,12H,2-6,10,16H2,1H3. The van der Waals surface area contributed by atoms with E-state index >= 15 is 0 Å². The molecule has 0 heterocycles. The number of hydrogen-bond acceptors (Lipinski definition) is 2. The van der Waals surface area contributed by atoms with E-state index in [1.165, 1.54) is 32.1 Å². The van der Waals surface area contributed by atoms with Crippen molar-refractivity contribution in [2.24, 2.45) is 5.92 Å². The first-order valence-corrected chi connectivity index (χ1v) is 6.56. The van der Waals surface area contributed by atoms with Gasteiger partial charge in [0, 0.05) is 17.7 Å². The van der Waals surface area contributed by atoms with Crippen LogP contribution in [0.15, 0.2) is 18.2 Å². The van der Waals surface area contributed by atoms with Gasteiger partial charge >= 0.3 is 0 Å². The topological polar surface area (TPSA) is 43.1 Å². The minimum absolute atomic E-state index is 0.278. The third-order valence-corrected chi connectivity index (χ3v) is 3.79. The number of carbonyl (C=O) groups excluding carboxylic acids is 1. The first-order chi connectivity index (χ1) is 8.16. The second-order valence-electron chi connectivity index (χ2n) is 5.20. The molecule has 1 aromatic rings. The Balaban J connectivity index is 2.01. The minimum Gasteiger partial charge on any atom is -0.399 e. The molecule has 92 valence electrons. The van der Waals surface area contributed by atoms with Crippen LogP contribution in [0.2, 0.25) is 0 Å². The predicted octanol–water partition coefficient (Wildman–Crippen LogP) is 3.73. The monoisotopic (exact) mass is 231 g/mol. The van der Waals surface area contributed by atoms with Crippen LogP contribution in [0, 0.1) is 12.8 Å². The zero-order valence-corrected chi connectivity index (χ0v) is 10.5. The highest BCUT2D eigenvalue weighted by molar-refractivity contribution is 5.96. The maximum absolute atomic E-state index is 12.1. The summed E-state index contributed by atoms with van der Waals surface area (Å²) in [4.78, 5) is 12.1. The molecule has 1 saturated carbocycles. The Bertz CT molecular complexity index is 405. The van der Waals surface area contributed by atoms with Gasteiger partial charge in [-0.25, -0.2) is 0 Å². The third-order valence-electron chi connectivity index (χ3n) is 3.79. The zero-order chi connectivity index (χ0) is 12.3. The van der Waals surface area contributed by atoms with Crippen molar-refractivity contribution in [3.63, 3.8) is 0 Å². The maximum Gasteiger partial charge on any atom is 0.163 e. The molecule has 0 amide bonds. The van der Waals surface area contributed by atoms with Gasteiger partial charge in [-0.3, -0.25) is 4.79 Å². The molecule has 0 aromatic heterocycles. The fourth-order valence-electron chi connectivity index (χ4n) is 2.62. The van der Waals surface area contributed by atoms with Crippen molar-refractivity contribution in [2.75, 3.05) is 5.73 Å². The summed E-state index contributed by atoms with van der Waals surface area (Å²) in [5.41, 5.74) is 8.35. The van der Waals surface area contributed by atoms with Crippen LogP contribution in [0.4, 0.5) is 5.69 Å². The van der Waals surface area contributed by atoms with Crippen molar-refractivity contribution in [3.05, 3.63) is 29.3 Å². The first kappa shape index (κ1) is 12.2. The number of nitrogen functional groups attached to an aromatic ring is 1. The summed E-state index contributed by atoms with van der Waals surface area (Å²) in [5, 5.41) is 0. The second-order valence-corrected chi connectivity index (χ2v) is 5.20. The van der Waals surface area contributed by atoms with E-state index in [4.69, 9.17) is 5.73 Å². The van der Waals surface area contributed by atoms with Crippen LogP contribution < -0.4 is 5.73 Å². The molecular weight excluding hydrogens is 210 g/mol. The fraction of sp³-hybridized carbons (Fsp3) is 0.533. The summed E-state index contributed by atoms with van der Waals surface area (Å²) < 4.78 is 0. The quantitative estimate of drug-likeness (QED) is 0.636. The molecule has 0 atom stereocenters. The van der Waals surface area contributed by atoms with Gasteiger partial charge < -0.3 is 5.73 Å². The summed E-state index contributed by atoms with van der Waals surface area (Å²) in [7, 11) is 0. The normalized spacial score (nSPS) is 17.0. The average molecular weight is 231 g/mol. The average Bonchev–Trinajstić information content (AvgIpc) is 2.34. The van der Waals surface area contributed by atoms with Crippen molar-refractivity contribution < 1.29 is 4.79 Å². The number of aryl methyl sites for hydroxylation is 1. The molecule has 1 aromatic carbocycles. The molecule has 2 N–H and O–H groups in total. The summed E-state index contributed by atoms with van der Waals surface area (Å²) in [5.74, 6) is 0.883.